The summed E-state index contributed by atoms with van der Waals surface area (Å²) >= 11 is 0. The smallest absolute Gasteiger partial charge is 0.0896 e. The molecule has 0 saturated heterocycles. The van der Waals surface area contributed by atoms with Crippen LogP contribution in [0.3, 0.4) is 0 Å². The molecule has 0 aliphatic heterocycles. The minimum Gasteiger partial charge on any atom is -0.398 e. The Hall–Kier alpha value is -2.16. The van der Waals surface area contributed by atoms with Crippen LogP contribution in [0.5, 0.6) is 0 Å². The number of nitrogens with zero attached hydrogens (tertiary/aromatic N) is 2. The van der Waals surface area contributed by atoms with Crippen molar-refractivity contribution in [2.75, 3.05) is 5.73 Å². The van der Waals surface area contributed by atoms with Gasteiger partial charge in [-0.1, -0.05) is 17.7 Å². The molecule has 3 heteroatoms. The molecule has 0 aliphatic carbocycles. The van der Waals surface area contributed by atoms with Gasteiger partial charge in [0, 0.05) is 11.8 Å². The first kappa shape index (κ1) is 12.3. The van der Waals surface area contributed by atoms with Crippen LogP contribution in [0.2, 0.25) is 0 Å². The van der Waals surface area contributed by atoms with Crippen molar-refractivity contribution in [3.05, 3.63) is 53.1 Å². The minimum absolute atomic E-state index is 0.668. The van der Waals surface area contributed by atoms with Crippen LogP contribution in [-0.4, -0.2) is 0 Å². The van der Waals surface area contributed by atoms with E-state index >= 15 is 0 Å². The van der Waals surface area contributed by atoms with Crippen molar-refractivity contribution in [1.82, 2.24) is 0 Å². The molecular formula is C15H16N3. The van der Waals surface area contributed by atoms with Gasteiger partial charge in [-0.25, -0.2) is 0 Å². The molecule has 0 unspecified atom stereocenters. The first-order chi connectivity index (χ1) is 8.56. The zero-order chi connectivity index (χ0) is 13.1. The van der Waals surface area contributed by atoms with Gasteiger partial charge in [0.05, 0.1) is 11.4 Å². The van der Waals surface area contributed by atoms with Gasteiger partial charge in [-0.2, -0.15) is 10.2 Å². The fourth-order valence-corrected chi connectivity index (χ4v) is 1.58. The molecule has 2 aromatic carbocycles. The molecule has 0 aromatic heterocycles. The molecule has 18 heavy (non-hydrogen) atoms. The fourth-order valence-electron chi connectivity index (χ4n) is 1.58. The van der Waals surface area contributed by atoms with E-state index in [2.05, 4.69) is 16.3 Å². The molecule has 1 radical (unpaired) electrons. The molecule has 0 fully saturated rings. The van der Waals surface area contributed by atoms with Crippen LogP contribution >= 0.6 is 0 Å². The van der Waals surface area contributed by atoms with Crippen molar-refractivity contribution < 1.29 is 0 Å². The van der Waals surface area contributed by atoms with Crippen LogP contribution < -0.4 is 5.73 Å². The van der Waals surface area contributed by atoms with Crippen molar-refractivity contribution in [3.8, 4) is 0 Å². The van der Waals surface area contributed by atoms with Gasteiger partial charge in [-0.05, 0) is 50.1 Å². The Morgan fingerprint density at radius 2 is 1.67 bits per heavy atom. The maximum atomic E-state index is 5.79. The summed E-state index contributed by atoms with van der Waals surface area (Å²) in [7, 11) is 0. The molecule has 0 aliphatic rings. The second-order valence-corrected chi connectivity index (χ2v) is 4.41. The Labute approximate surface area is 107 Å². The number of anilines is 1. The van der Waals surface area contributed by atoms with Crippen LogP contribution in [0.4, 0.5) is 17.1 Å². The molecule has 2 rings (SSSR count). The lowest BCUT2D eigenvalue weighted by Gasteiger charge is -2.03. The van der Waals surface area contributed by atoms with Crippen LogP contribution in [0.1, 0.15) is 16.7 Å². The van der Waals surface area contributed by atoms with Gasteiger partial charge in [0.25, 0.3) is 0 Å². The summed E-state index contributed by atoms with van der Waals surface area (Å²) in [5.41, 5.74) is 11.2. The van der Waals surface area contributed by atoms with Crippen molar-refractivity contribution >= 4 is 17.1 Å². The number of aryl methyl sites for hydroxylation is 3. The Morgan fingerprint density at radius 1 is 1.00 bits per heavy atom. The maximum absolute atomic E-state index is 5.79. The molecule has 0 amide bonds. The van der Waals surface area contributed by atoms with Crippen LogP contribution in [0.25, 0.3) is 0 Å². The number of hydrogen-bond donors (Lipinski definition) is 1. The van der Waals surface area contributed by atoms with Gasteiger partial charge in [0.1, 0.15) is 0 Å². The van der Waals surface area contributed by atoms with Gasteiger partial charge < -0.3 is 5.73 Å². The van der Waals surface area contributed by atoms with E-state index in [0.29, 0.717) is 5.69 Å². The van der Waals surface area contributed by atoms with Gasteiger partial charge in [-0.15, -0.1) is 0 Å². The Morgan fingerprint density at radius 3 is 2.33 bits per heavy atom. The summed E-state index contributed by atoms with van der Waals surface area (Å²) in [6.45, 7) is 5.92. The molecule has 0 spiro atoms. The average Bonchev–Trinajstić information content (AvgIpc) is 2.34. The summed E-state index contributed by atoms with van der Waals surface area (Å²) in [6, 6.07) is 12.9. The van der Waals surface area contributed by atoms with Crippen LogP contribution in [-0.2, 0) is 0 Å². The van der Waals surface area contributed by atoms with E-state index in [1.165, 1.54) is 5.56 Å². The lowest BCUT2D eigenvalue weighted by molar-refractivity contribution is 1.20. The van der Waals surface area contributed by atoms with Crippen LogP contribution in [0, 0.1) is 26.8 Å². The normalized spacial score (nSPS) is 11.1. The summed E-state index contributed by atoms with van der Waals surface area (Å²) in [5.74, 6) is 0. The van der Waals surface area contributed by atoms with E-state index in [0.717, 1.165) is 22.5 Å². The number of benzene rings is 2. The largest absolute Gasteiger partial charge is 0.398 e. The summed E-state index contributed by atoms with van der Waals surface area (Å²) in [6.07, 6.45) is 0. The van der Waals surface area contributed by atoms with E-state index in [1.807, 2.05) is 51.1 Å². The van der Waals surface area contributed by atoms with Gasteiger partial charge >= 0.3 is 0 Å². The molecular weight excluding hydrogens is 222 g/mol. The molecule has 2 N–H and O–H groups in total. The lowest BCUT2D eigenvalue weighted by atomic mass is 10.1. The number of rotatable bonds is 2. The summed E-state index contributed by atoms with van der Waals surface area (Å²) in [5, 5.41) is 8.46. The van der Waals surface area contributed by atoms with E-state index in [9.17, 15) is 0 Å². The monoisotopic (exact) mass is 238 g/mol. The molecule has 2 aromatic rings. The summed E-state index contributed by atoms with van der Waals surface area (Å²) in [4.78, 5) is 0. The highest BCUT2D eigenvalue weighted by Crippen LogP contribution is 2.26. The topological polar surface area (TPSA) is 50.7 Å². The average molecular weight is 238 g/mol. The molecule has 91 valence electrons. The van der Waals surface area contributed by atoms with E-state index in [-0.39, 0.29) is 0 Å². The summed E-state index contributed by atoms with van der Waals surface area (Å²) < 4.78 is 0. The molecule has 0 atom stereocenters. The number of hydrogen-bond acceptors (Lipinski definition) is 3. The highest BCUT2D eigenvalue weighted by molar-refractivity contribution is 5.58. The first-order valence-electron chi connectivity index (χ1n) is 5.83. The van der Waals surface area contributed by atoms with Crippen molar-refractivity contribution in [2.24, 2.45) is 10.2 Å². The molecule has 3 nitrogen and oxygen atoms in total. The van der Waals surface area contributed by atoms with Gasteiger partial charge in [0.15, 0.2) is 0 Å². The lowest BCUT2D eigenvalue weighted by Crippen LogP contribution is -1.90. The third-order valence-electron chi connectivity index (χ3n) is 2.79. The molecule has 0 saturated carbocycles. The predicted molar refractivity (Wildman–Crippen MR) is 74.5 cm³/mol. The Balaban J connectivity index is 2.28. The quantitative estimate of drug-likeness (QED) is 0.611. The zero-order valence-corrected chi connectivity index (χ0v) is 10.9. The standard InChI is InChI=1S/C15H16N3/c1-10-4-6-13(7-5-10)17-18-15-9-11(2)14(16)8-12(15)3/h4-7,9H,16H2,1-3H3. The minimum atomic E-state index is 0.668. The van der Waals surface area contributed by atoms with Crippen molar-refractivity contribution in [2.45, 2.75) is 20.8 Å². The second-order valence-electron chi connectivity index (χ2n) is 4.41. The van der Waals surface area contributed by atoms with Crippen molar-refractivity contribution in [3.63, 3.8) is 0 Å². The van der Waals surface area contributed by atoms with Crippen molar-refractivity contribution in [1.29, 1.82) is 0 Å². The SMILES string of the molecule is Cc1ccc(N=Nc2cc(C)c(N)[c]c2C)cc1. The fraction of sp³-hybridized carbons (Fsp3) is 0.200. The predicted octanol–water partition coefficient (Wildman–Crippen LogP) is 4.41. The Kier molecular flexibility index (Phi) is 3.42. The van der Waals surface area contributed by atoms with E-state index < -0.39 is 0 Å². The number of nitrogens with two attached hydrogens (primary N) is 1. The zero-order valence-electron chi connectivity index (χ0n) is 10.9. The van der Waals surface area contributed by atoms with E-state index in [4.69, 9.17) is 5.73 Å². The second kappa shape index (κ2) is 5.00. The van der Waals surface area contributed by atoms with Crippen LogP contribution in [0.15, 0.2) is 40.6 Å². The third kappa shape index (κ3) is 2.74. The van der Waals surface area contributed by atoms with E-state index in [1.54, 1.807) is 0 Å². The first-order valence-corrected chi connectivity index (χ1v) is 5.83. The van der Waals surface area contributed by atoms with Gasteiger partial charge in [-0.3, -0.25) is 0 Å². The maximum Gasteiger partial charge on any atom is 0.0896 e. The highest BCUT2D eigenvalue weighted by atomic mass is 15.1. The number of azo groups is 1. The third-order valence-corrected chi connectivity index (χ3v) is 2.79. The molecule has 0 bridgehead atoms. The number of nitrogen functional groups attached to an aromatic ring is 1. The Bertz CT molecular complexity index is 583. The molecule has 0 heterocycles. The van der Waals surface area contributed by atoms with Gasteiger partial charge in [0.2, 0.25) is 0 Å². The highest BCUT2D eigenvalue weighted by Gasteiger charge is 2.01.